The highest BCUT2D eigenvalue weighted by Gasteiger charge is 2.48. The van der Waals surface area contributed by atoms with Crippen LogP contribution in [0.1, 0.15) is 170 Å². The van der Waals surface area contributed by atoms with E-state index in [4.69, 9.17) is 27.8 Å². The molecule has 6 amide bonds. The molecule has 2 atom stereocenters. The number of nitrogens with one attached hydrogen (secondary N) is 2. The highest BCUT2D eigenvalue weighted by atomic mass is 16.5. The van der Waals surface area contributed by atoms with E-state index in [1.165, 1.54) is 12.4 Å². The van der Waals surface area contributed by atoms with Gasteiger partial charge in [-0.1, -0.05) is 180 Å². The Kier molecular flexibility index (Phi) is 17.7. The van der Waals surface area contributed by atoms with E-state index in [0.29, 0.717) is 67.5 Å². The second-order valence-electron chi connectivity index (χ2n) is 35.1. The lowest BCUT2D eigenvalue weighted by Crippen LogP contribution is -2.47. The predicted molar refractivity (Wildman–Crippen MR) is 468 cm³/mol. The zero-order chi connectivity index (χ0) is 83.3. The third kappa shape index (κ3) is 13.0. The number of carbonyl (C=O) groups excluding carboxylic acids is 6. The summed E-state index contributed by atoms with van der Waals surface area (Å²) in [7, 11) is 0. The van der Waals surface area contributed by atoms with Gasteiger partial charge in [0.15, 0.2) is 0 Å². The number of benzene rings is 13. The molecule has 0 radical (unpaired) electrons. The minimum atomic E-state index is -1.68. The number of hydrogen-bond donors (Lipinski definition) is 2. The lowest BCUT2D eigenvalue weighted by molar-refractivity contribution is -0.120. The molecule has 18 heteroatoms. The van der Waals surface area contributed by atoms with Gasteiger partial charge in [-0.05, 0) is 189 Å². The summed E-state index contributed by atoms with van der Waals surface area (Å²) in [6.45, 7) is 25.3. The molecule has 0 bridgehead atoms. The number of imide groups is 2. The average Bonchev–Trinajstić information content (AvgIpc) is 0.781. The van der Waals surface area contributed by atoms with Crippen LogP contribution in [0.3, 0.4) is 0 Å². The van der Waals surface area contributed by atoms with Crippen molar-refractivity contribution in [2.75, 3.05) is 10.6 Å². The number of para-hydroxylation sites is 2. The van der Waals surface area contributed by atoms with E-state index in [-0.39, 0.29) is 121 Å². The maximum absolute atomic E-state index is 17.1. The second-order valence-corrected chi connectivity index (χ2v) is 35.1. The van der Waals surface area contributed by atoms with E-state index in [9.17, 15) is 0 Å². The highest BCUT2D eigenvalue weighted by molar-refractivity contribution is 6.45. The van der Waals surface area contributed by atoms with Crippen LogP contribution in [0.5, 0.6) is 46.0 Å². The predicted octanol–water partition coefficient (Wildman–Crippen LogP) is 24.6. The van der Waals surface area contributed by atoms with Crippen LogP contribution in [0.2, 0.25) is 0 Å². The van der Waals surface area contributed by atoms with Crippen molar-refractivity contribution in [2.45, 2.75) is 117 Å². The molecular weight excluding hydrogens is 1500 g/mol. The fourth-order valence-corrected chi connectivity index (χ4v) is 16.9. The number of pyridine rings is 2. The zero-order valence-electron chi connectivity index (χ0n) is 68.1. The summed E-state index contributed by atoms with van der Waals surface area (Å²) >= 11 is 0. The second kappa shape index (κ2) is 28.1. The Hall–Kier alpha value is -14.5. The molecule has 2 aliphatic heterocycles. The molecule has 4 aromatic heterocycles. The van der Waals surface area contributed by atoms with Crippen molar-refractivity contribution in [3.8, 4) is 46.0 Å². The molecule has 19 rings (SSSR count). The largest absolute Gasteiger partial charge is 0.457 e. The Balaban J connectivity index is 0.952. The van der Waals surface area contributed by atoms with Gasteiger partial charge in [0.1, 0.15) is 80.4 Å². The molecule has 17 aromatic rings. The van der Waals surface area contributed by atoms with Crippen LogP contribution in [0.4, 0.5) is 11.4 Å². The first-order valence-corrected chi connectivity index (χ1v) is 40.0. The summed E-state index contributed by atoms with van der Waals surface area (Å²) in [5, 5.41) is 10.5. The van der Waals surface area contributed by atoms with E-state index < -0.39 is 47.5 Å². The molecule has 120 heavy (non-hydrogen) atoms. The Bertz CT molecular complexity index is 6460. The molecular formula is C102H82N6O12. The first-order valence-electron chi connectivity index (χ1n) is 40.0. The maximum Gasteiger partial charge on any atom is 0.262 e. The fraction of sp³-hybridized carbons (Fsp3) is 0.176. The van der Waals surface area contributed by atoms with Gasteiger partial charge in [0.05, 0.1) is 46.0 Å². The van der Waals surface area contributed by atoms with Crippen molar-refractivity contribution >= 4 is 134 Å². The highest BCUT2D eigenvalue weighted by Crippen LogP contribution is 2.59. The van der Waals surface area contributed by atoms with Crippen molar-refractivity contribution in [2.24, 2.45) is 0 Å². The minimum absolute atomic E-state index is 0.0475. The fourth-order valence-electron chi connectivity index (χ4n) is 16.9. The van der Waals surface area contributed by atoms with Gasteiger partial charge in [-0.25, -0.2) is 0 Å². The maximum atomic E-state index is 17.1. The number of nitrogens with zero attached hydrogens (tertiary/aromatic N) is 4. The number of rotatable bonds is 16. The summed E-state index contributed by atoms with van der Waals surface area (Å²) in [5.41, 5.74) is 5.93. The van der Waals surface area contributed by atoms with E-state index in [1.54, 1.807) is 97.3 Å². The van der Waals surface area contributed by atoms with Crippen LogP contribution >= 0.6 is 0 Å². The van der Waals surface area contributed by atoms with Crippen molar-refractivity contribution < 1.29 is 56.5 Å². The van der Waals surface area contributed by atoms with Crippen LogP contribution in [-0.4, -0.2) is 55.2 Å². The molecule has 13 aromatic carbocycles. The first kappa shape index (κ1) is 75.5. The van der Waals surface area contributed by atoms with E-state index in [2.05, 4.69) is 104 Å². The Morgan fingerprint density at radius 3 is 0.875 bits per heavy atom. The Morgan fingerprint density at radius 1 is 0.317 bits per heavy atom. The van der Waals surface area contributed by atoms with Gasteiger partial charge >= 0.3 is 0 Å². The van der Waals surface area contributed by atoms with Crippen LogP contribution in [-0.2, 0) is 31.2 Å². The topological polar surface area (TPSA) is 222 Å². The molecule has 2 unspecified atom stereocenters. The van der Waals surface area contributed by atoms with Crippen LogP contribution in [0.15, 0.2) is 264 Å². The van der Waals surface area contributed by atoms with E-state index in [0.717, 1.165) is 42.8 Å². The van der Waals surface area contributed by atoms with Gasteiger partial charge in [-0.2, -0.15) is 0 Å². The number of anilines is 2. The molecule has 6 heterocycles. The van der Waals surface area contributed by atoms with Crippen LogP contribution in [0, 0.1) is 0 Å². The molecule has 0 saturated heterocycles. The van der Waals surface area contributed by atoms with Crippen molar-refractivity contribution in [1.82, 2.24) is 19.8 Å². The standard InChI is InChI=1S/C102H82N6O12/c1-99(2,3)57-27-35-63(36-28-57)115-79-49-71-83-72(96(112)107(95(71)111)91(93(109)105-61-19-17-45-103-53-61)55-25-43-77-69(47-55)67-21-13-15-23-75(67)119-77)51-81(117-65-39-31-59(32-40-65)101(7,8)9)87-88-82(118-66-41-33-60(34-42-66)102(10,11)12)52-74-84-73(50-80(86(90(84)88)85(79)89(83)87)116-64-37-29-58(30-38-64)100(4,5)6)97(113)108(98(74)114)92(94(110)106-62-20-18-46-104-54-62)56-26-44-78-70(48-56)68-22-14-16-24-76(68)120-78/h13-54,91-92H,1-12H3,(H,105,109)(H,106,110). The summed E-state index contributed by atoms with van der Waals surface area (Å²) < 4.78 is 42.7. The van der Waals surface area contributed by atoms with Gasteiger partial charge in [0.2, 0.25) is 0 Å². The SMILES string of the molecule is CC(C)(C)c1ccc(Oc2cc3c4c(cc(Oc5ccc(C(C)(C)C)cc5)c5c6c(Oc7ccc(C(C)(C)C)cc7)cc7c8c(cc(Oc9ccc(C(C)(C)C)cc9)c(c2c45)c86)C(=O)N(C(C(=O)Nc2cccnc2)c2ccc4oc5ccccc5c4c2)C7=O)C(=O)N(C(C(=O)Nc2cccnc2)c2ccc4oc5ccccc5c4c2)C3=O)cc1. The van der Waals surface area contributed by atoms with Crippen molar-refractivity contribution in [3.05, 3.63) is 311 Å². The molecule has 592 valence electrons. The van der Waals surface area contributed by atoms with Gasteiger partial charge in [0.25, 0.3) is 35.4 Å². The molecule has 2 aliphatic rings. The summed E-state index contributed by atoms with van der Waals surface area (Å²) in [4.78, 5) is 111. The normalized spacial score (nSPS) is 13.9. The average molecular weight is 1580 g/mol. The molecule has 0 aliphatic carbocycles. The summed E-state index contributed by atoms with van der Waals surface area (Å²) in [5.74, 6) is -3.42. The summed E-state index contributed by atoms with van der Waals surface area (Å²) in [6.07, 6.45) is 6.10. The van der Waals surface area contributed by atoms with E-state index >= 15 is 28.8 Å². The molecule has 0 saturated carbocycles. The number of hydrogen-bond acceptors (Lipinski definition) is 14. The molecule has 2 N–H and O–H groups in total. The molecule has 0 spiro atoms. The first-order chi connectivity index (χ1) is 57.5. The lowest BCUT2D eigenvalue weighted by Gasteiger charge is -2.36. The quantitative estimate of drug-likeness (QED) is 0.0522. The van der Waals surface area contributed by atoms with Crippen molar-refractivity contribution in [3.63, 3.8) is 0 Å². The van der Waals surface area contributed by atoms with E-state index in [1.807, 2.05) is 146 Å². The van der Waals surface area contributed by atoms with Gasteiger partial charge < -0.3 is 38.4 Å². The third-order valence-corrected chi connectivity index (χ3v) is 23.1. The zero-order valence-corrected chi connectivity index (χ0v) is 68.1. The third-order valence-electron chi connectivity index (χ3n) is 23.1. The number of furan rings is 2. The molecule has 18 nitrogen and oxygen atoms in total. The van der Waals surface area contributed by atoms with Crippen molar-refractivity contribution in [1.29, 1.82) is 0 Å². The van der Waals surface area contributed by atoms with Gasteiger partial charge in [-0.3, -0.25) is 48.5 Å². The Labute approximate surface area is 690 Å². The smallest absolute Gasteiger partial charge is 0.262 e. The van der Waals surface area contributed by atoms with Gasteiger partial charge in [-0.15, -0.1) is 0 Å². The molecule has 0 fully saturated rings. The van der Waals surface area contributed by atoms with Crippen LogP contribution in [0.25, 0.3) is 87.0 Å². The summed E-state index contributed by atoms with van der Waals surface area (Å²) in [6, 6.07) is 65.6. The van der Waals surface area contributed by atoms with Crippen LogP contribution < -0.4 is 29.6 Å². The van der Waals surface area contributed by atoms with Gasteiger partial charge in [0, 0.05) is 77.0 Å². The number of aromatic nitrogens is 2. The Morgan fingerprint density at radius 2 is 0.600 bits per heavy atom. The number of fused-ring (bicyclic) bond motifs is 8. The minimum Gasteiger partial charge on any atom is -0.457 e. The monoisotopic (exact) mass is 1580 g/mol. The lowest BCUT2D eigenvalue weighted by atomic mass is 9.80. The number of amides is 6. The number of ether oxygens (including phenoxy) is 4. The number of carbonyl (C=O) groups is 6.